The van der Waals surface area contributed by atoms with E-state index in [1.165, 1.54) is 0 Å². The second-order valence-electron chi connectivity index (χ2n) is 7.33. The first-order chi connectivity index (χ1) is 13.9. The highest BCUT2D eigenvalue weighted by atomic mass is 16.3. The van der Waals surface area contributed by atoms with Crippen LogP contribution in [0.2, 0.25) is 0 Å². The quantitative estimate of drug-likeness (QED) is 0.614. The van der Waals surface area contributed by atoms with Crippen molar-refractivity contribution in [2.75, 3.05) is 5.32 Å². The number of hydrogen-bond acceptors (Lipinski definition) is 4. The van der Waals surface area contributed by atoms with Crippen LogP contribution in [0.3, 0.4) is 0 Å². The van der Waals surface area contributed by atoms with Crippen LogP contribution in [0.15, 0.2) is 59.1 Å². The lowest BCUT2D eigenvalue weighted by atomic mass is 10.0. The number of carbonyl (C=O) groups excluding carboxylic acids is 2. The number of aryl methyl sites for hydroxylation is 1. The summed E-state index contributed by atoms with van der Waals surface area (Å²) in [6, 6.07) is 14.3. The lowest BCUT2D eigenvalue weighted by Gasteiger charge is -2.22. The molecule has 0 aliphatic rings. The maximum Gasteiger partial charge on any atom is 0.248 e. The molecule has 0 fully saturated rings. The van der Waals surface area contributed by atoms with E-state index in [0.29, 0.717) is 12.4 Å². The summed E-state index contributed by atoms with van der Waals surface area (Å²) in [4.78, 5) is 25.3. The lowest BCUT2D eigenvalue weighted by Crippen LogP contribution is -2.47. The maximum absolute atomic E-state index is 12.9. The van der Waals surface area contributed by atoms with Gasteiger partial charge in [0.1, 0.15) is 29.9 Å². The average Bonchev–Trinajstić information content (AvgIpc) is 3.29. The molecule has 2 heterocycles. The van der Waals surface area contributed by atoms with Gasteiger partial charge in [-0.3, -0.25) is 9.59 Å². The number of carbonyl (C=O) groups is 2. The van der Waals surface area contributed by atoms with E-state index >= 15 is 0 Å². The molecule has 2 amide bonds. The van der Waals surface area contributed by atoms with Crippen molar-refractivity contribution < 1.29 is 14.0 Å². The third-order valence-corrected chi connectivity index (χ3v) is 4.54. The molecule has 0 spiro atoms. The number of rotatable bonds is 8. The summed E-state index contributed by atoms with van der Waals surface area (Å²) in [5.74, 6) is 1.58. The number of amides is 2. The first-order valence-electron chi connectivity index (χ1n) is 9.63. The Bertz CT molecular complexity index is 959. The molecule has 152 valence electrons. The zero-order chi connectivity index (χ0) is 20.8. The number of anilines is 1. The number of aromatic nitrogens is 2. The van der Waals surface area contributed by atoms with Crippen LogP contribution in [-0.4, -0.2) is 27.6 Å². The molecule has 2 N–H and O–H groups in total. The molecule has 1 aromatic carbocycles. The van der Waals surface area contributed by atoms with Crippen molar-refractivity contribution in [2.24, 2.45) is 5.92 Å². The molecule has 29 heavy (non-hydrogen) atoms. The van der Waals surface area contributed by atoms with Gasteiger partial charge in [0, 0.05) is 6.07 Å². The van der Waals surface area contributed by atoms with Gasteiger partial charge in [-0.1, -0.05) is 44.2 Å². The minimum absolute atomic E-state index is 0.0705. The predicted molar refractivity (Wildman–Crippen MR) is 110 cm³/mol. The number of furan rings is 1. The van der Waals surface area contributed by atoms with E-state index < -0.39 is 6.04 Å². The standard InChI is InChI=1S/C22H26N4O3/c1-15(2)21(25-20(27)13-17-7-5-4-6-8-17)22(28)24-19-11-12-23-26(19)14-18-10-9-16(3)29-18/h4-12,15,21H,13-14H2,1-3H3,(H,24,28)(H,25,27)/t21-/m1/s1. The van der Waals surface area contributed by atoms with Crippen LogP contribution in [0.25, 0.3) is 0 Å². The first-order valence-corrected chi connectivity index (χ1v) is 9.63. The molecule has 0 aliphatic heterocycles. The van der Waals surface area contributed by atoms with Crippen LogP contribution in [-0.2, 0) is 22.6 Å². The smallest absolute Gasteiger partial charge is 0.248 e. The van der Waals surface area contributed by atoms with Crippen molar-refractivity contribution in [3.05, 3.63) is 71.8 Å². The van der Waals surface area contributed by atoms with Crippen molar-refractivity contribution in [3.63, 3.8) is 0 Å². The molecule has 7 heteroatoms. The Hall–Kier alpha value is -3.35. The molecule has 0 radical (unpaired) electrons. The molecule has 0 unspecified atom stereocenters. The van der Waals surface area contributed by atoms with Gasteiger partial charge in [-0.15, -0.1) is 0 Å². The topological polar surface area (TPSA) is 89.2 Å². The normalized spacial score (nSPS) is 12.0. The number of nitrogens with zero attached hydrogens (tertiary/aromatic N) is 2. The molecule has 3 aromatic rings. The third kappa shape index (κ3) is 5.57. The largest absolute Gasteiger partial charge is 0.464 e. The summed E-state index contributed by atoms with van der Waals surface area (Å²) in [5.41, 5.74) is 0.903. The van der Waals surface area contributed by atoms with Crippen LogP contribution in [0, 0.1) is 12.8 Å². The summed E-state index contributed by atoms with van der Waals surface area (Å²) in [5, 5.41) is 9.97. The number of nitrogens with one attached hydrogen (secondary N) is 2. The van der Waals surface area contributed by atoms with Crippen molar-refractivity contribution >= 4 is 17.6 Å². The number of benzene rings is 1. The van der Waals surface area contributed by atoms with E-state index in [1.807, 2.05) is 63.2 Å². The van der Waals surface area contributed by atoms with Crippen LogP contribution in [0.5, 0.6) is 0 Å². The molecule has 0 saturated carbocycles. The van der Waals surface area contributed by atoms with Crippen LogP contribution >= 0.6 is 0 Å². The first kappa shape index (κ1) is 20.4. The van der Waals surface area contributed by atoms with Crippen LogP contribution in [0.4, 0.5) is 5.82 Å². The Morgan fingerprint density at radius 1 is 1.10 bits per heavy atom. The van der Waals surface area contributed by atoms with Crippen molar-refractivity contribution in [2.45, 2.75) is 39.8 Å². The monoisotopic (exact) mass is 394 g/mol. The highest BCUT2D eigenvalue weighted by Crippen LogP contribution is 2.14. The van der Waals surface area contributed by atoms with E-state index in [-0.39, 0.29) is 24.2 Å². The van der Waals surface area contributed by atoms with Gasteiger partial charge in [-0.2, -0.15) is 5.10 Å². The van der Waals surface area contributed by atoms with Gasteiger partial charge in [-0.05, 0) is 30.5 Å². The molecule has 0 aliphatic carbocycles. The highest BCUT2D eigenvalue weighted by Gasteiger charge is 2.25. The molecule has 2 aromatic heterocycles. The Labute approximate surface area is 170 Å². The molecular formula is C22H26N4O3. The summed E-state index contributed by atoms with van der Waals surface area (Å²) in [6.07, 6.45) is 1.84. The molecule has 1 atom stereocenters. The van der Waals surface area contributed by atoms with Crippen molar-refractivity contribution in [3.8, 4) is 0 Å². The molecule has 0 bridgehead atoms. The van der Waals surface area contributed by atoms with Gasteiger partial charge >= 0.3 is 0 Å². The fourth-order valence-corrected chi connectivity index (χ4v) is 3.03. The van der Waals surface area contributed by atoms with Crippen molar-refractivity contribution in [1.82, 2.24) is 15.1 Å². The fourth-order valence-electron chi connectivity index (χ4n) is 3.03. The minimum Gasteiger partial charge on any atom is -0.464 e. The van der Waals surface area contributed by atoms with E-state index in [9.17, 15) is 9.59 Å². The van der Waals surface area contributed by atoms with Gasteiger partial charge in [0.15, 0.2) is 0 Å². The van der Waals surface area contributed by atoms with Gasteiger partial charge in [0.05, 0.1) is 12.6 Å². The fraction of sp³-hybridized carbons (Fsp3) is 0.318. The SMILES string of the molecule is Cc1ccc(Cn2nccc2NC(=O)[C@H](NC(=O)Cc2ccccc2)C(C)C)o1. The molecule has 0 saturated heterocycles. The van der Waals surface area contributed by atoms with Crippen LogP contribution < -0.4 is 10.6 Å². The minimum atomic E-state index is -0.652. The van der Waals surface area contributed by atoms with E-state index in [4.69, 9.17) is 4.42 Å². The van der Waals surface area contributed by atoms with E-state index in [1.54, 1.807) is 16.9 Å². The van der Waals surface area contributed by atoms with Crippen molar-refractivity contribution in [1.29, 1.82) is 0 Å². The predicted octanol–water partition coefficient (Wildman–Crippen LogP) is 3.15. The molecular weight excluding hydrogens is 368 g/mol. The zero-order valence-corrected chi connectivity index (χ0v) is 16.9. The second-order valence-corrected chi connectivity index (χ2v) is 7.33. The van der Waals surface area contributed by atoms with E-state index in [0.717, 1.165) is 17.1 Å². The summed E-state index contributed by atoms with van der Waals surface area (Å²) < 4.78 is 7.23. The molecule has 3 rings (SSSR count). The second kappa shape index (κ2) is 9.23. The zero-order valence-electron chi connectivity index (χ0n) is 16.9. The molecule has 7 nitrogen and oxygen atoms in total. The van der Waals surface area contributed by atoms with Gasteiger partial charge < -0.3 is 15.1 Å². The van der Waals surface area contributed by atoms with Crippen LogP contribution in [0.1, 0.15) is 30.9 Å². The van der Waals surface area contributed by atoms with Gasteiger partial charge in [-0.25, -0.2) is 4.68 Å². The van der Waals surface area contributed by atoms with E-state index in [2.05, 4.69) is 15.7 Å². The van der Waals surface area contributed by atoms with Gasteiger partial charge in [0.25, 0.3) is 0 Å². The Balaban J connectivity index is 1.64. The Morgan fingerprint density at radius 3 is 2.52 bits per heavy atom. The highest BCUT2D eigenvalue weighted by molar-refractivity contribution is 5.97. The summed E-state index contributed by atoms with van der Waals surface area (Å²) in [6.45, 7) is 6.08. The Morgan fingerprint density at radius 2 is 1.86 bits per heavy atom. The summed E-state index contributed by atoms with van der Waals surface area (Å²) >= 11 is 0. The number of hydrogen-bond donors (Lipinski definition) is 2. The maximum atomic E-state index is 12.9. The Kier molecular flexibility index (Phi) is 6.49. The lowest BCUT2D eigenvalue weighted by molar-refractivity contribution is -0.127. The summed E-state index contributed by atoms with van der Waals surface area (Å²) in [7, 11) is 0. The average molecular weight is 394 g/mol. The van der Waals surface area contributed by atoms with Gasteiger partial charge in [0.2, 0.25) is 11.8 Å². The third-order valence-electron chi connectivity index (χ3n) is 4.54.